The van der Waals surface area contributed by atoms with Crippen LogP contribution in [0.3, 0.4) is 0 Å². The van der Waals surface area contributed by atoms with Gasteiger partial charge in [0.05, 0.1) is 21.9 Å². The number of aliphatic hydroxyl groups is 1. The lowest BCUT2D eigenvalue weighted by Gasteiger charge is -2.33. The summed E-state index contributed by atoms with van der Waals surface area (Å²) in [7, 11) is 0. The molecule has 0 spiro atoms. The molecule has 5 heteroatoms. The van der Waals surface area contributed by atoms with Crippen LogP contribution in [0.2, 0.25) is 4.34 Å². The van der Waals surface area contributed by atoms with Crippen molar-refractivity contribution in [1.82, 2.24) is 4.90 Å². The molecule has 2 heterocycles. The van der Waals surface area contributed by atoms with E-state index in [0.717, 1.165) is 19.5 Å². The predicted octanol–water partition coefficient (Wildman–Crippen LogP) is 2.29. The highest BCUT2D eigenvalue weighted by atomic mass is 35.5. The minimum Gasteiger partial charge on any atom is -0.393 e. The number of nitrogens with zero attached hydrogens (tertiary/aromatic N) is 1. The summed E-state index contributed by atoms with van der Waals surface area (Å²) in [5.41, 5.74) is 0. The molecule has 0 bridgehead atoms. The van der Waals surface area contributed by atoms with Crippen molar-refractivity contribution in [1.29, 1.82) is 0 Å². The van der Waals surface area contributed by atoms with Crippen LogP contribution >= 0.6 is 22.9 Å². The number of likely N-dealkylation sites (tertiary alicyclic amines) is 1. The number of piperidine rings is 1. The monoisotopic (exact) mass is 273 g/mol. The minimum atomic E-state index is -0.225. The molecule has 0 aliphatic carbocycles. The van der Waals surface area contributed by atoms with Gasteiger partial charge in [0.1, 0.15) is 0 Å². The Morgan fingerprint density at radius 2 is 2.41 bits per heavy atom. The van der Waals surface area contributed by atoms with Crippen LogP contribution in [0.25, 0.3) is 0 Å². The second-order valence-corrected chi connectivity index (χ2v) is 6.31. The van der Waals surface area contributed by atoms with Crippen LogP contribution in [-0.4, -0.2) is 41.5 Å². The van der Waals surface area contributed by atoms with E-state index in [1.165, 1.54) is 11.3 Å². The van der Waals surface area contributed by atoms with Gasteiger partial charge in [-0.1, -0.05) is 18.5 Å². The summed E-state index contributed by atoms with van der Waals surface area (Å²) in [5, 5.41) is 9.62. The van der Waals surface area contributed by atoms with Crippen LogP contribution in [0.15, 0.2) is 12.1 Å². The van der Waals surface area contributed by atoms with E-state index in [-0.39, 0.29) is 17.8 Å². The molecule has 94 valence electrons. The molecule has 0 aromatic carbocycles. The molecular weight excluding hydrogens is 258 g/mol. The smallest absolute Gasteiger partial charge is 0.186 e. The van der Waals surface area contributed by atoms with Crippen molar-refractivity contribution in [3.63, 3.8) is 0 Å². The molecule has 2 unspecified atom stereocenters. The van der Waals surface area contributed by atoms with Gasteiger partial charge in [-0.3, -0.25) is 9.69 Å². The number of Topliss-reactive ketones (excluding diaryl/α,β-unsaturated/α-hetero) is 1. The van der Waals surface area contributed by atoms with Crippen molar-refractivity contribution in [2.75, 3.05) is 19.6 Å². The molecule has 17 heavy (non-hydrogen) atoms. The molecule has 0 amide bonds. The standard InChI is InChI=1S/C12H16ClNO2S/c1-8-6-14(5-4-9(8)15)7-10(16)11-2-3-12(13)17-11/h2-3,8-9,15H,4-7H2,1H3. The fourth-order valence-corrected chi connectivity index (χ4v) is 3.08. The molecule has 1 fully saturated rings. The van der Waals surface area contributed by atoms with Crippen LogP contribution in [0.1, 0.15) is 23.0 Å². The third kappa shape index (κ3) is 3.28. The number of carbonyl (C=O) groups is 1. The van der Waals surface area contributed by atoms with Gasteiger partial charge < -0.3 is 5.11 Å². The van der Waals surface area contributed by atoms with Crippen molar-refractivity contribution >= 4 is 28.7 Å². The highest BCUT2D eigenvalue weighted by Crippen LogP contribution is 2.23. The summed E-state index contributed by atoms with van der Waals surface area (Å²) in [6, 6.07) is 3.53. The van der Waals surface area contributed by atoms with Gasteiger partial charge in [0.2, 0.25) is 0 Å². The summed E-state index contributed by atoms with van der Waals surface area (Å²) in [4.78, 5) is 14.8. The van der Waals surface area contributed by atoms with E-state index >= 15 is 0 Å². The first-order chi connectivity index (χ1) is 8.06. The number of carbonyl (C=O) groups excluding carboxylic acids is 1. The Kier molecular flexibility index (Phi) is 4.20. The van der Waals surface area contributed by atoms with E-state index in [9.17, 15) is 9.90 Å². The van der Waals surface area contributed by atoms with Crippen molar-refractivity contribution in [2.45, 2.75) is 19.4 Å². The zero-order valence-electron chi connectivity index (χ0n) is 9.73. The number of halogens is 1. The maximum absolute atomic E-state index is 12.0. The van der Waals surface area contributed by atoms with Gasteiger partial charge in [0, 0.05) is 13.1 Å². The Morgan fingerprint density at radius 3 is 3.00 bits per heavy atom. The lowest BCUT2D eigenvalue weighted by Crippen LogP contribution is -2.43. The summed E-state index contributed by atoms with van der Waals surface area (Å²) < 4.78 is 0.649. The molecule has 0 saturated carbocycles. The van der Waals surface area contributed by atoms with Crippen LogP contribution in [-0.2, 0) is 0 Å². The lowest BCUT2D eigenvalue weighted by atomic mass is 9.96. The molecule has 1 aliphatic rings. The van der Waals surface area contributed by atoms with E-state index < -0.39 is 0 Å². The Labute approximate surface area is 110 Å². The molecule has 1 saturated heterocycles. The number of hydrogen-bond donors (Lipinski definition) is 1. The van der Waals surface area contributed by atoms with Crippen molar-refractivity contribution in [3.8, 4) is 0 Å². The number of hydrogen-bond acceptors (Lipinski definition) is 4. The van der Waals surface area contributed by atoms with Crippen molar-refractivity contribution < 1.29 is 9.90 Å². The first kappa shape index (κ1) is 13.0. The number of ketones is 1. The SMILES string of the molecule is CC1CN(CC(=O)c2ccc(Cl)s2)CCC1O. The fourth-order valence-electron chi connectivity index (χ4n) is 2.11. The Hall–Kier alpha value is -0.420. The summed E-state index contributed by atoms with van der Waals surface area (Å²) in [5.74, 6) is 0.356. The Balaban J connectivity index is 1.91. The van der Waals surface area contributed by atoms with E-state index in [1.54, 1.807) is 12.1 Å². The van der Waals surface area contributed by atoms with Crippen LogP contribution < -0.4 is 0 Å². The van der Waals surface area contributed by atoms with Crippen LogP contribution in [0, 0.1) is 5.92 Å². The molecule has 3 nitrogen and oxygen atoms in total. The molecule has 2 rings (SSSR count). The van der Waals surface area contributed by atoms with Gasteiger partial charge in [-0.15, -0.1) is 11.3 Å². The van der Waals surface area contributed by atoms with E-state index in [2.05, 4.69) is 4.90 Å². The normalized spacial score (nSPS) is 26.1. The van der Waals surface area contributed by atoms with Gasteiger partial charge in [-0.05, 0) is 24.5 Å². The maximum Gasteiger partial charge on any atom is 0.186 e. The highest BCUT2D eigenvalue weighted by Gasteiger charge is 2.25. The Bertz CT molecular complexity index is 407. The predicted molar refractivity (Wildman–Crippen MR) is 69.9 cm³/mol. The third-order valence-electron chi connectivity index (χ3n) is 3.16. The summed E-state index contributed by atoms with van der Waals surface area (Å²) in [6.07, 6.45) is 0.525. The summed E-state index contributed by atoms with van der Waals surface area (Å²) >= 11 is 7.13. The second-order valence-electron chi connectivity index (χ2n) is 4.60. The van der Waals surface area contributed by atoms with Gasteiger partial charge in [0.25, 0.3) is 0 Å². The number of aliphatic hydroxyl groups excluding tert-OH is 1. The number of thiophene rings is 1. The third-order valence-corrected chi connectivity index (χ3v) is 4.43. The van der Waals surface area contributed by atoms with Crippen LogP contribution in [0.4, 0.5) is 0 Å². The first-order valence-electron chi connectivity index (χ1n) is 5.75. The highest BCUT2D eigenvalue weighted by molar-refractivity contribution is 7.18. The molecule has 2 atom stereocenters. The van der Waals surface area contributed by atoms with Gasteiger partial charge in [-0.2, -0.15) is 0 Å². The largest absolute Gasteiger partial charge is 0.393 e. The molecule has 1 aliphatic heterocycles. The number of rotatable bonds is 3. The summed E-state index contributed by atoms with van der Waals surface area (Å²) in [6.45, 7) is 4.01. The average Bonchev–Trinajstić information content (AvgIpc) is 2.70. The molecule has 1 aromatic heterocycles. The van der Waals surface area contributed by atoms with Gasteiger partial charge in [-0.25, -0.2) is 0 Å². The maximum atomic E-state index is 12.0. The van der Waals surface area contributed by atoms with Crippen LogP contribution in [0.5, 0.6) is 0 Å². The van der Waals surface area contributed by atoms with Gasteiger partial charge >= 0.3 is 0 Å². The molecule has 1 N–H and O–H groups in total. The molecule has 0 radical (unpaired) electrons. The fraction of sp³-hybridized carbons (Fsp3) is 0.583. The molecule has 1 aromatic rings. The zero-order chi connectivity index (χ0) is 12.4. The van der Waals surface area contributed by atoms with E-state index in [0.29, 0.717) is 15.8 Å². The first-order valence-corrected chi connectivity index (χ1v) is 6.94. The topological polar surface area (TPSA) is 40.5 Å². The van der Waals surface area contributed by atoms with E-state index in [4.69, 9.17) is 11.6 Å². The van der Waals surface area contributed by atoms with Crippen molar-refractivity contribution in [2.24, 2.45) is 5.92 Å². The van der Waals surface area contributed by atoms with Gasteiger partial charge in [0.15, 0.2) is 5.78 Å². The van der Waals surface area contributed by atoms with Crippen molar-refractivity contribution in [3.05, 3.63) is 21.3 Å². The molecular formula is C12H16ClNO2S. The van der Waals surface area contributed by atoms with E-state index in [1.807, 2.05) is 6.92 Å². The average molecular weight is 274 g/mol. The quantitative estimate of drug-likeness (QED) is 0.859. The zero-order valence-corrected chi connectivity index (χ0v) is 11.3. The lowest BCUT2D eigenvalue weighted by molar-refractivity contribution is 0.0345. The minimum absolute atomic E-state index is 0.116. The second kappa shape index (κ2) is 5.48. The Morgan fingerprint density at radius 1 is 1.65 bits per heavy atom.